The highest BCUT2D eigenvalue weighted by Crippen LogP contribution is 2.47. The Bertz CT molecular complexity index is 1100. The molecule has 0 radical (unpaired) electrons. The van der Waals surface area contributed by atoms with Crippen LogP contribution < -0.4 is 5.63 Å². The molecule has 0 fully saturated rings. The average Bonchev–Trinajstić information content (AvgIpc) is 2.80. The molecule has 6 heteroatoms. The van der Waals surface area contributed by atoms with Crippen molar-refractivity contribution in [2.75, 3.05) is 0 Å². The van der Waals surface area contributed by atoms with Gasteiger partial charge in [-0.2, -0.15) is 0 Å². The van der Waals surface area contributed by atoms with Gasteiger partial charge < -0.3 is 14.6 Å². The molecule has 1 aliphatic heterocycles. The van der Waals surface area contributed by atoms with Crippen LogP contribution in [0.25, 0.3) is 0 Å². The minimum absolute atomic E-state index is 0.0679. The van der Waals surface area contributed by atoms with E-state index in [1.54, 1.807) is 30.8 Å². The van der Waals surface area contributed by atoms with Gasteiger partial charge in [-0.05, 0) is 25.1 Å². The monoisotopic (exact) mass is 379 g/mol. The molecule has 1 aliphatic rings. The number of aromatic hydroxyl groups is 2. The zero-order valence-corrected chi connectivity index (χ0v) is 15.4. The van der Waals surface area contributed by atoms with E-state index in [4.69, 9.17) is 4.42 Å². The smallest absolute Gasteiger partial charge is 0.348 e. The Morgan fingerprint density at radius 1 is 1.07 bits per heavy atom. The standard InChI is InChI=1S/C21H17NO4S/c1-12-10-17(24)20(21(25)26-12)15-11-19(13-6-2-4-8-16(13)23)27-18-9-5-3-7-14(18)22-15/h2-10,19,23-24H,11H2,1H3/t19-/m0/s1. The van der Waals surface area contributed by atoms with E-state index >= 15 is 0 Å². The summed E-state index contributed by atoms with van der Waals surface area (Å²) in [7, 11) is 0. The Hall–Kier alpha value is -2.99. The maximum Gasteiger partial charge on any atom is 0.348 e. The van der Waals surface area contributed by atoms with E-state index < -0.39 is 5.63 Å². The van der Waals surface area contributed by atoms with E-state index in [9.17, 15) is 15.0 Å². The highest BCUT2D eigenvalue weighted by Gasteiger charge is 2.27. The number of hydrogen-bond acceptors (Lipinski definition) is 6. The zero-order chi connectivity index (χ0) is 19.0. The number of fused-ring (bicyclic) bond motifs is 1. The van der Waals surface area contributed by atoms with Gasteiger partial charge in [0.05, 0.1) is 11.4 Å². The highest BCUT2D eigenvalue weighted by molar-refractivity contribution is 7.99. The summed E-state index contributed by atoms with van der Waals surface area (Å²) in [5.41, 5.74) is 1.36. The van der Waals surface area contributed by atoms with E-state index in [0.29, 0.717) is 17.9 Å². The SMILES string of the molecule is Cc1cc(O)c(C2=Nc3ccccc3S[C@H](c3ccccc3O)C2)c(=O)o1. The van der Waals surface area contributed by atoms with Gasteiger partial charge in [0.25, 0.3) is 0 Å². The zero-order valence-electron chi connectivity index (χ0n) is 14.5. The lowest BCUT2D eigenvalue weighted by molar-refractivity contribution is 0.432. The molecule has 0 saturated carbocycles. The second-order valence-corrected chi connectivity index (χ2v) is 7.54. The van der Waals surface area contributed by atoms with Gasteiger partial charge in [-0.25, -0.2) is 4.79 Å². The van der Waals surface area contributed by atoms with E-state index in [1.807, 2.05) is 36.4 Å². The van der Waals surface area contributed by atoms with Crippen LogP contribution in [0.15, 0.2) is 73.7 Å². The van der Waals surface area contributed by atoms with Crippen molar-refractivity contribution in [3.8, 4) is 11.5 Å². The molecular weight excluding hydrogens is 362 g/mol. The second-order valence-electron chi connectivity index (χ2n) is 6.30. The molecule has 136 valence electrons. The van der Waals surface area contributed by atoms with Crippen LogP contribution >= 0.6 is 11.8 Å². The lowest BCUT2D eigenvalue weighted by Crippen LogP contribution is -2.17. The molecule has 4 rings (SSSR count). The Balaban J connectivity index is 1.90. The molecule has 0 amide bonds. The van der Waals surface area contributed by atoms with E-state index in [2.05, 4.69) is 4.99 Å². The molecule has 1 atom stereocenters. The first-order valence-corrected chi connectivity index (χ1v) is 9.36. The van der Waals surface area contributed by atoms with Crippen molar-refractivity contribution in [2.24, 2.45) is 4.99 Å². The molecule has 27 heavy (non-hydrogen) atoms. The van der Waals surface area contributed by atoms with Crippen LogP contribution in [-0.2, 0) is 0 Å². The molecule has 2 aromatic carbocycles. The summed E-state index contributed by atoms with van der Waals surface area (Å²) in [4.78, 5) is 18.0. The molecule has 0 saturated heterocycles. The fourth-order valence-corrected chi connectivity index (χ4v) is 4.43. The predicted molar refractivity (Wildman–Crippen MR) is 105 cm³/mol. The predicted octanol–water partition coefficient (Wildman–Crippen LogP) is 4.72. The van der Waals surface area contributed by atoms with Crippen molar-refractivity contribution in [3.63, 3.8) is 0 Å². The number of para-hydroxylation sites is 2. The van der Waals surface area contributed by atoms with Gasteiger partial charge in [-0.1, -0.05) is 30.3 Å². The van der Waals surface area contributed by atoms with Crippen molar-refractivity contribution in [1.82, 2.24) is 0 Å². The summed E-state index contributed by atoms with van der Waals surface area (Å²) in [6.07, 6.45) is 0.359. The molecule has 0 bridgehead atoms. The Morgan fingerprint density at radius 3 is 2.59 bits per heavy atom. The maximum atomic E-state index is 12.4. The summed E-state index contributed by atoms with van der Waals surface area (Å²) >= 11 is 1.57. The van der Waals surface area contributed by atoms with Crippen LogP contribution in [0.1, 0.15) is 28.6 Å². The molecular formula is C21H17NO4S. The minimum atomic E-state index is -0.619. The summed E-state index contributed by atoms with van der Waals surface area (Å²) in [6, 6.07) is 16.2. The van der Waals surface area contributed by atoms with Crippen molar-refractivity contribution in [2.45, 2.75) is 23.5 Å². The van der Waals surface area contributed by atoms with Gasteiger partial charge >= 0.3 is 5.63 Å². The average molecular weight is 379 g/mol. The Kier molecular flexibility index (Phi) is 4.49. The Morgan fingerprint density at radius 2 is 1.81 bits per heavy atom. The van der Waals surface area contributed by atoms with Gasteiger partial charge in [-0.15, -0.1) is 11.8 Å². The molecule has 0 unspecified atom stereocenters. The third kappa shape index (κ3) is 3.36. The number of aliphatic imine (C=N–C) groups is 1. The summed E-state index contributed by atoms with van der Waals surface area (Å²) in [5.74, 6) is 0.374. The lowest BCUT2D eigenvalue weighted by Gasteiger charge is -2.17. The Labute approximate surface area is 160 Å². The first kappa shape index (κ1) is 17.4. The molecule has 5 nitrogen and oxygen atoms in total. The van der Waals surface area contributed by atoms with Crippen molar-refractivity contribution >= 4 is 23.2 Å². The van der Waals surface area contributed by atoms with Gasteiger partial charge in [0, 0.05) is 28.2 Å². The normalized spacial score (nSPS) is 16.3. The van der Waals surface area contributed by atoms with Crippen LogP contribution in [0.3, 0.4) is 0 Å². The number of phenolic OH excluding ortho intramolecular Hbond substituents is 1. The van der Waals surface area contributed by atoms with Gasteiger partial charge in [0.2, 0.25) is 0 Å². The number of phenols is 1. The first-order chi connectivity index (χ1) is 13.0. The lowest BCUT2D eigenvalue weighted by atomic mass is 10.0. The number of aryl methyl sites for hydroxylation is 1. The summed E-state index contributed by atoms with van der Waals surface area (Å²) < 4.78 is 5.18. The van der Waals surface area contributed by atoms with Crippen LogP contribution in [0.5, 0.6) is 11.5 Å². The molecule has 2 N–H and O–H groups in total. The quantitative estimate of drug-likeness (QED) is 0.673. The first-order valence-electron chi connectivity index (χ1n) is 8.48. The number of nitrogens with zero attached hydrogens (tertiary/aromatic N) is 1. The van der Waals surface area contributed by atoms with E-state index in [-0.39, 0.29) is 22.3 Å². The summed E-state index contributed by atoms with van der Waals surface area (Å²) in [5, 5.41) is 20.5. The maximum absolute atomic E-state index is 12.4. The van der Waals surface area contributed by atoms with Gasteiger partial charge in [0.15, 0.2) is 0 Å². The minimum Gasteiger partial charge on any atom is -0.508 e. The fourth-order valence-electron chi connectivity index (χ4n) is 3.16. The highest BCUT2D eigenvalue weighted by atomic mass is 32.2. The summed E-state index contributed by atoms with van der Waals surface area (Å²) in [6.45, 7) is 1.61. The topological polar surface area (TPSA) is 83.0 Å². The van der Waals surface area contributed by atoms with Crippen LogP contribution in [0, 0.1) is 6.92 Å². The number of rotatable bonds is 2. The van der Waals surface area contributed by atoms with E-state index in [1.165, 1.54) is 6.07 Å². The van der Waals surface area contributed by atoms with Crippen LogP contribution in [-0.4, -0.2) is 15.9 Å². The number of thioether (sulfide) groups is 1. The molecule has 3 aromatic rings. The number of benzene rings is 2. The fraction of sp³-hybridized carbons (Fsp3) is 0.143. The molecule has 0 spiro atoms. The third-order valence-corrected chi connectivity index (χ3v) is 5.70. The molecule has 2 heterocycles. The van der Waals surface area contributed by atoms with Crippen molar-refractivity contribution in [1.29, 1.82) is 0 Å². The van der Waals surface area contributed by atoms with Crippen LogP contribution in [0.2, 0.25) is 0 Å². The largest absolute Gasteiger partial charge is 0.508 e. The van der Waals surface area contributed by atoms with Gasteiger partial charge in [0.1, 0.15) is 22.8 Å². The number of hydrogen-bond donors (Lipinski definition) is 2. The molecule has 0 aliphatic carbocycles. The van der Waals surface area contributed by atoms with Gasteiger partial charge in [-0.3, -0.25) is 4.99 Å². The van der Waals surface area contributed by atoms with Crippen molar-refractivity contribution in [3.05, 3.63) is 81.9 Å². The van der Waals surface area contributed by atoms with Crippen molar-refractivity contribution < 1.29 is 14.6 Å². The second kappa shape index (κ2) is 6.96. The third-order valence-electron chi connectivity index (χ3n) is 4.39. The molecule has 1 aromatic heterocycles. The van der Waals surface area contributed by atoms with Crippen LogP contribution in [0.4, 0.5) is 5.69 Å². The van der Waals surface area contributed by atoms with E-state index in [0.717, 1.165) is 16.1 Å².